The summed E-state index contributed by atoms with van der Waals surface area (Å²) < 4.78 is 5.21. The fourth-order valence-electron chi connectivity index (χ4n) is 1.43. The molecule has 1 fully saturated rings. The predicted molar refractivity (Wildman–Crippen MR) is 56.1 cm³/mol. The average Bonchev–Trinajstić information content (AvgIpc) is 2.87. The van der Waals surface area contributed by atoms with Gasteiger partial charge < -0.3 is 15.1 Å². The molecule has 0 saturated heterocycles. The van der Waals surface area contributed by atoms with Gasteiger partial charge in [-0.3, -0.25) is 0 Å². The number of hydrogen-bond donors (Lipinski definition) is 2. The zero-order valence-corrected chi connectivity index (χ0v) is 8.46. The van der Waals surface area contributed by atoms with Crippen LogP contribution in [0.15, 0.2) is 22.8 Å². The fraction of sp³-hybridized carbons (Fsp3) is 0.636. The molecule has 14 heavy (non-hydrogen) atoms. The normalized spacial score (nSPS) is 16.0. The van der Waals surface area contributed by atoms with Crippen molar-refractivity contribution >= 4 is 0 Å². The van der Waals surface area contributed by atoms with E-state index in [1.807, 2.05) is 12.1 Å². The minimum atomic E-state index is 0.833. The monoisotopic (exact) mass is 194 g/mol. The zero-order valence-electron chi connectivity index (χ0n) is 8.46. The minimum Gasteiger partial charge on any atom is -0.468 e. The molecule has 1 aliphatic carbocycles. The van der Waals surface area contributed by atoms with Gasteiger partial charge in [0, 0.05) is 6.04 Å². The number of hydrogen-bond acceptors (Lipinski definition) is 3. The SMILES string of the molecule is c1coc(CNCCCNC2CC2)c1. The zero-order chi connectivity index (χ0) is 9.64. The molecule has 0 atom stereocenters. The van der Waals surface area contributed by atoms with Gasteiger partial charge in [0.2, 0.25) is 0 Å². The van der Waals surface area contributed by atoms with Crippen LogP contribution in [-0.4, -0.2) is 19.1 Å². The van der Waals surface area contributed by atoms with Gasteiger partial charge in [-0.1, -0.05) is 0 Å². The lowest BCUT2D eigenvalue weighted by molar-refractivity contribution is 0.478. The Morgan fingerprint density at radius 1 is 1.36 bits per heavy atom. The molecule has 3 nitrogen and oxygen atoms in total. The molecule has 1 heterocycles. The van der Waals surface area contributed by atoms with Gasteiger partial charge in [-0.05, 0) is 44.5 Å². The van der Waals surface area contributed by atoms with Crippen molar-refractivity contribution in [3.05, 3.63) is 24.2 Å². The summed E-state index contributed by atoms with van der Waals surface area (Å²) >= 11 is 0. The Hall–Kier alpha value is -0.800. The van der Waals surface area contributed by atoms with Crippen LogP contribution in [0.5, 0.6) is 0 Å². The first kappa shape index (κ1) is 9.74. The standard InChI is InChI=1S/C11H18N2O/c1-3-11(14-8-1)9-12-6-2-7-13-10-4-5-10/h1,3,8,10,12-13H,2,4-7,9H2. The molecule has 0 aliphatic heterocycles. The van der Waals surface area contributed by atoms with Crippen molar-refractivity contribution in [2.45, 2.75) is 31.8 Å². The largest absolute Gasteiger partial charge is 0.468 e. The molecule has 3 heteroatoms. The van der Waals surface area contributed by atoms with E-state index in [-0.39, 0.29) is 0 Å². The molecule has 0 spiro atoms. The van der Waals surface area contributed by atoms with Crippen molar-refractivity contribution in [1.29, 1.82) is 0 Å². The third-order valence-corrected chi connectivity index (χ3v) is 2.42. The highest BCUT2D eigenvalue weighted by Crippen LogP contribution is 2.18. The molecular weight excluding hydrogens is 176 g/mol. The molecule has 0 aromatic carbocycles. The maximum atomic E-state index is 5.21. The minimum absolute atomic E-state index is 0.833. The van der Waals surface area contributed by atoms with E-state index in [0.717, 1.165) is 31.4 Å². The van der Waals surface area contributed by atoms with Gasteiger partial charge in [-0.2, -0.15) is 0 Å². The Kier molecular flexibility index (Phi) is 3.60. The highest BCUT2D eigenvalue weighted by atomic mass is 16.3. The second kappa shape index (κ2) is 5.17. The van der Waals surface area contributed by atoms with Gasteiger partial charge in [0.1, 0.15) is 5.76 Å². The van der Waals surface area contributed by atoms with Crippen LogP contribution in [-0.2, 0) is 6.54 Å². The maximum Gasteiger partial charge on any atom is 0.117 e. The highest BCUT2D eigenvalue weighted by Gasteiger charge is 2.19. The molecule has 1 aromatic rings. The van der Waals surface area contributed by atoms with E-state index < -0.39 is 0 Å². The van der Waals surface area contributed by atoms with Crippen molar-refractivity contribution in [1.82, 2.24) is 10.6 Å². The Morgan fingerprint density at radius 2 is 2.29 bits per heavy atom. The Morgan fingerprint density at radius 3 is 3.00 bits per heavy atom. The van der Waals surface area contributed by atoms with Crippen LogP contribution in [0.4, 0.5) is 0 Å². The van der Waals surface area contributed by atoms with Crippen LogP contribution in [0.25, 0.3) is 0 Å². The van der Waals surface area contributed by atoms with Crippen molar-refractivity contribution < 1.29 is 4.42 Å². The van der Waals surface area contributed by atoms with Gasteiger partial charge in [0.15, 0.2) is 0 Å². The summed E-state index contributed by atoms with van der Waals surface area (Å²) in [4.78, 5) is 0. The lowest BCUT2D eigenvalue weighted by Gasteiger charge is -2.03. The second-order valence-corrected chi connectivity index (χ2v) is 3.84. The first-order chi connectivity index (χ1) is 6.95. The van der Waals surface area contributed by atoms with E-state index >= 15 is 0 Å². The Balaban J connectivity index is 1.43. The quantitative estimate of drug-likeness (QED) is 0.646. The molecule has 0 amide bonds. The van der Waals surface area contributed by atoms with Crippen LogP contribution in [0.1, 0.15) is 25.0 Å². The average molecular weight is 194 g/mol. The lowest BCUT2D eigenvalue weighted by atomic mass is 10.4. The molecular formula is C11H18N2O. The summed E-state index contributed by atoms with van der Waals surface area (Å²) in [6.45, 7) is 3.03. The number of nitrogens with one attached hydrogen (secondary N) is 2. The van der Waals surface area contributed by atoms with E-state index in [4.69, 9.17) is 4.42 Å². The summed E-state index contributed by atoms with van der Waals surface area (Å²) in [5.41, 5.74) is 0. The van der Waals surface area contributed by atoms with Crippen molar-refractivity contribution in [2.24, 2.45) is 0 Å². The molecule has 0 unspecified atom stereocenters. The summed E-state index contributed by atoms with van der Waals surface area (Å²) in [5, 5.41) is 6.83. The molecule has 1 aromatic heterocycles. The molecule has 0 bridgehead atoms. The van der Waals surface area contributed by atoms with Crippen molar-refractivity contribution in [3.63, 3.8) is 0 Å². The Labute approximate surface area is 84.9 Å². The summed E-state index contributed by atoms with van der Waals surface area (Å²) in [7, 11) is 0. The van der Waals surface area contributed by atoms with E-state index in [2.05, 4.69) is 10.6 Å². The second-order valence-electron chi connectivity index (χ2n) is 3.84. The maximum absolute atomic E-state index is 5.21. The van der Waals surface area contributed by atoms with Gasteiger partial charge in [0.05, 0.1) is 12.8 Å². The highest BCUT2D eigenvalue weighted by molar-refractivity contribution is 4.97. The topological polar surface area (TPSA) is 37.2 Å². The van der Waals surface area contributed by atoms with Crippen LogP contribution in [0.2, 0.25) is 0 Å². The first-order valence-corrected chi connectivity index (χ1v) is 5.41. The van der Waals surface area contributed by atoms with E-state index in [1.54, 1.807) is 6.26 Å². The molecule has 2 rings (SSSR count). The van der Waals surface area contributed by atoms with Gasteiger partial charge in [-0.25, -0.2) is 0 Å². The summed E-state index contributed by atoms with van der Waals surface area (Å²) in [6.07, 6.45) is 5.66. The number of furan rings is 1. The summed E-state index contributed by atoms with van der Waals surface area (Å²) in [6, 6.07) is 4.75. The molecule has 1 aliphatic rings. The molecule has 0 radical (unpaired) electrons. The van der Waals surface area contributed by atoms with Crippen LogP contribution >= 0.6 is 0 Å². The molecule has 1 saturated carbocycles. The fourth-order valence-corrected chi connectivity index (χ4v) is 1.43. The van der Waals surface area contributed by atoms with Crippen LogP contribution in [0.3, 0.4) is 0 Å². The van der Waals surface area contributed by atoms with Gasteiger partial charge in [0.25, 0.3) is 0 Å². The number of rotatable bonds is 7. The third kappa shape index (κ3) is 3.52. The molecule has 2 N–H and O–H groups in total. The van der Waals surface area contributed by atoms with Crippen LogP contribution in [0, 0.1) is 0 Å². The van der Waals surface area contributed by atoms with Gasteiger partial charge in [-0.15, -0.1) is 0 Å². The van der Waals surface area contributed by atoms with Gasteiger partial charge >= 0.3 is 0 Å². The van der Waals surface area contributed by atoms with Crippen molar-refractivity contribution in [3.8, 4) is 0 Å². The smallest absolute Gasteiger partial charge is 0.117 e. The first-order valence-electron chi connectivity index (χ1n) is 5.41. The van der Waals surface area contributed by atoms with Crippen molar-refractivity contribution in [2.75, 3.05) is 13.1 Å². The lowest BCUT2D eigenvalue weighted by Crippen LogP contribution is -2.22. The van der Waals surface area contributed by atoms with Crippen LogP contribution < -0.4 is 10.6 Å². The third-order valence-electron chi connectivity index (χ3n) is 2.42. The Bertz CT molecular complexity index is 242. The summed E-state index contributed by atoms with van der Waals surface area (Å²) in [5.74, 6) is 1.01. The molecule has 78 valence electrons. The van der Waals surface area contributed by atoms with E-state index in [0.29, 0.717) is 0 Å². The van der Waals surface area contributed by atoms with E-state index in [9.17, 15) is 0 Å². The van der Waals surface area contributed by atoms with E-state index in [1.165, 1.54) is 19.3 Å². The predicted octanol–water partition coefficient (Wildman–Crippen LogP) is 1.51.